The van der Waals surface area contributed by atoms with Crippen LogP contribution >= 0.6 is 0 Å². The first-order valence-electron chi connectivity index (χ1n) is 8.51. The number of hydrogen-bond donors (Lipinski definition) is 0. The number of esters is 2. The topological polar surface area (TPSA) is 74.3 Å². The minimum atomic E-state index is -0.684. The Hall–Kier alpha value is -3.22. The van der Waals surface area contributed by atoms with E-state index in [1.54, 1.807) is 36.6 Å². The Kier molecular flexibility index (Phi) is 7.05. The van der Waals surface area contributed by atoms with E-state index in [9.17, 15) is 9.59 Å². The van der Waals surface area contributed by atoms with Crippen LogP contribution in [0.3, 0.4) is 0 Å². The molecule has 0 saturated carbocycles. The van der Waals surface area contributed by atoms with E-state index in [0.717, 1.165) is 0 Å². The lowest BCUT2D eigenvalue weighted by Crippen LogP contribution is -2.27. The number of rotatable bonds is 7. The average molecular weight is 373 g/mol. The summed E-state index contributed by atoms with van der Waals surface area (Å²) in [6, 6.07) is 5.27. The molecule has 0 N–H and O–H groups in total. The van der Waals surface area contributed by atoms with Crippen molar-refractivity contribution in [3.8, 4) is 11.5 Å². The lowest BCUT2D eigenvalue weighted by molar-refractivity contribution is -0.139. The fraction of sp³-hybridized carbons (Fsp3) is 0.300. The molecule has 0 spiro atoms. The first kappa shape index (κ1) is 20.1. The zero-order valence-corrected chi connectivity index (χ0v) is 15.9. The van der Waals surface area contributed by atoms with Crippen LogP contribution in [0.4, 0.5) is 5.69 Å². The molecule has 27 heavy (non-hydrogen) atoms. The van der Waals surface area contributed by atoms with E-state index in [1.165, 1.54) is 25.2 Å². The summed E-state index contributed by atoms with van der Waals surface area (Å²) in [7, 11) is 2.50. The van der Waals surface area contributed by atoms with Gasteiger partial charge in [-0.05, 0) is 38.1 Å². The molecular weight excluding hydrogens is 350 g/mol. The molecule has 0 bridgehead atoms. The quantitative estimate of drug-likeness (QED) is 0.680. The SMILES string of the molecule is CCOc1ccc(OCC)c(N2C=CC=CC(C(=O)OC)=C2C(=O)OC)c1. The molecule has 0 atom stereocenters. The van der Waals surface area contributed by atoms with Crippen LogP contribution in [0.1, 0.15) is 13.8 Å². The summed E-state index contributed by atoms with van der Waals surface area (Å²) in [6.07, 6.45) is 6.48. The van der Waals surface area contributed by atoms with E-state index in [1.807, 2.05) is 13.8 Å². The molecule has 0 unspecified atom stereocenters. The molecule has 1 aromatic carbocycles. The minimum Gasteiger partial charge on any atom is -0.494 e. The Morgan fingerprint density at radius 1 is 0.963 bits per heavy atom. The highest BCUT2D eigenvalue weighted by Gasteiger charge is 2.29. The molecule has 2 rings (SSSR count). The number of carbonyl (C=O) groups is 2. The zero-order chi connectivity index (χ0) is 19.8. The highest BCUT2D eigenvalue weighted by molar-refractivity contribution is 6.05. The Morgan fingerprint density at radius 3 is 2.30 bits per heavy atom. The number of anilines is 1. The number of hydrogen-bond acceptors (Lipinski definition) is 7. The third-order valence-corrected chi connectivity index (χ3v) is 3.69. The van der Waals surface area contributed by atoms with Crippen LogP contribution < -0.4 is 14.4 Å². The molecule has 0 amide bonds. The highest BCUT2D eigenvalue weighted by Crippen LogP contribution is 2.37. The lowest BCUT2D eigenvalue weighted by atomic mass is 10.1. The second kappa shape index (κ2) is 9.47. The van der Waals surface area contributed by atoms with E-state index in [2.05, 4.69) is 0 Å². The van der Waals surface area contributed by atoms with Crippen molar-refractivity contribution in [1.29, 1.82) is 0 Å². The van der Waals surface area contributed by atoms with Gasteiger partial charge in [-0.1, -0.05) is 6.08 Å². The molecule has 7 heteroatoms. The van der Waals surface area contributed by atoms with Crippen LogP contribution in [0.15, 0.2) is 53.9 Å². The van der Waals surface area contributed by atoms with Gasteiger partial charge in [0.2, 0.25) is 0 Å². The Balaban J connectivity index is 2.70. The number of nitrogens with zero attached hydrogens (tertiary/aromatic N) is 1. The van der Waals surface area contributed by atoms with E-state index in [-0.39, 0.29) is 11.3 Å². The molecule has 144 valence electrons. The van der Waals surface area contributed by atoms with Crippen LogP contribution in [0, 0.1) is 0 Å². The van der Waals surface area contributed by atoms with Crippen LogP contribution in [-0.4, -0.2) is 39.4 Å². The number of carbonyl (C=O) groups excluding carboxylic acids is 2. The van der Waals surface area contributed by atoms with E-state index in [0.29, 0.717) is 30.4 Å². The van der Waals surface area contributed by atoms with Gasteiger partial charge in [-0.2, -0.15) is 0 Å². The first-order valence-corrected chi connectivity index (χ1v) is 8.51. The maximum absolute atomic E-state index is 12.5. The van der Waals surface area contributed by atoms with Crippen LogP contribution in [0.5, 0.6) is 11.5 Å². The number of ether oxygens (including phenoxy) is 4. The highest BCUT2D eigenvalue weighted by atomic mass is 16.5. The van der Waals surface area contributed by atoms with Gasteiger partial charge >= 0.3 is 11.9 Å². The summed E-state index contributed by atoms with van der Waals surface area (Å²) in [4.78, 5) is 26.3. The molecular formula is C20H23NO6. The van der Waals surface area contributed by atoms with Crippen molar-refractivity contribution in [3.63, 3.8) is 0 Å². The van der Waals surface area contributed by atoms with Crippen molar-refractivity contribution in [2.24, 2.45) is 0 Å². The monoisotopic (exact) mass is 373 g/mol. The summed E-state index contributed by atoms with van der Waals surface area (Å²) in [5.74, 6) is -0.210. The standard InChI is InChI=1S/C20H23NO6/c1-5-26-14-10-11-17(27-6-2)16(13-14)21-12-8-7-9-15(19(22)24-3)18(21)20(23)25-4/h7-13H,5-6H2,1-4H3. The van der Waals surface area contributed by atoms with Gasteiger partial charge in [0.05, 0.1) is 38.7 Å². The average Bonchev–Trinajstić information content (AvgIpc) is 2.91. The first-order chi connectivity index (χ1) is 13.1. The number of allylic oxidation sites excluding steroid dienone is 2. The van der Waals surface area contributed by atoms with Crippen molar-refractivity contribution >= 4 is 17.6 Å². The smallest absolute Gasteiger partial charge is 0.355 e. The molecule has 1 heterocycles. The van der Waals surface area contributed by atoms with Gasteiger partial charge in [-0.15, -0.1) is 0 Å². The Labute approximate surface area is 158 Å². The predicted molar refractivity (Wildman–Crippen MR) is 101 cm³/mol. The van der Waals surface area contributed by atoms with Gasteiger partial charge in [-0.3, -0.25) is 0 Å². The molecule has 7 nitrogen and oxygen atoms in total. The van der Waals surface area contributed by atoms with Gasteiger partial charge in [-0.25, -0.2) is 9.59 Å². The number of methoxy groups -OCH3 is 2. The van der Waals surface area contributed by atoms with Crippen molar-refractivity contribution in [2.75, 3.05) is 32.3 Å². The summed E-state index contributed by atoms with van der Waals surface area (Å²) >= 11 is 0. The van der Waals surface area contributed by atoms with Gasteiger partial charge in [0.15, 0.2) is 0 Å². The third kappa shape index (κ3) is 4.49. The second-order valence-corrected chi connectivity index (χ2v) is 5.31. The lowest BCUT2D eigenvalue weighted by Gasteiger charge is -2.25. The number of benzene rings is 1. The normalized spacial score (nSPS) is 13.3. The molecule has 0 aliphatic carbocycles. The van der Waals surface area contributed by atoms with Crippen LogP contribution in [0.2, 0.25) is 0 Å². The molecule has 1 aliphatic rings. The molecule has 1 aromatic rings. The van der Waals surface area contributed by atoms with Crippen molar-refractivity contribution in [3.05, 3.63) is 53.9 Å². The Morgan fingerprint density at radius 2 is 1.67 bits per heavy atom. The van der Waals surface area contributed by atoms with Crippen molar-refractivity contribution in [2.45, 2.75) is 13.8 Å². The predicted octanol–water partition coefficient (Wildman–Crippen LogP) is 2.97. The zero-order valence-electron chi connectivity index (χ0n) is 15.9. The van der Waals surface area contributed by atoms with Gasteiger partial charge in [0.25, 0.3) is 0 Å². The minimum absolute atomic E-state index is 0.0175. The summed E-state index contributed by atoms with van der Waals surface area (Å²) in [5.41, 5.74) is 0.618. The van der Waals surface area contributed by atoms with Crippen LogP contribution in [-0.2, 0) is 19.1 Å². The van der Waals surface area contributed by atoms with Gasteiger partial charge < -0.3 is 23.8 Å². The third-order valence-electron chi connectivity index (χ3n) is 3.69. The molecule has 0 aromatic heterocycles. The summed E-state index contributed by atoms with van der Waals surface area (Å²) in [6.45, 7) is 4.65. The molecule has 1 aliphatic heterocycles. The van der Waals surface area contributed by atoms with Crippen molar-refractivity contribution < 1.29 is 28.5 Å². The van der Waals surface area contributed by atoms with Gasteiger partial charge in [0.1, 0.15) is 17.2 Å². The molecule has 0 saturated heterocycles. The Bertz CT molecular complexity index is 794. The molecule has 0 radical (unpaired) electrons. The largest absolute Gasteiger partial charge is 0.494 e. The maximum Gasteiger partial charge on any atom is 0.355 e. The fourth-order valence-corrected chi connectivity index (χ4v) is 2.57. The van der Waals surface area contributed by atoms with Gasteiger partial charge in [0, 0.05) is 12.3 Å². The second-order valence-electron chi connectivity index (χ2n) is 5.31. The summed E-state index contributed by atoms with van der Waals surface area (Å²) < 4.78 is 21.0. The van der Waals surface area contributed by atoms with E-state index < -0.39 is 11.9 Å². The maximum atomic E-state index is 12.5. The molecule has 0 fully saturated rings. The van der Waals surface area contributed by atoms with E-state index in [4.69, 9.17) is 18.9 Å². The fourth-order valence-electron chi connectivity index (χ4n) is 2.57. The van der Waals surface area contributed by atoms with Crippen LogP contribution in [0.25, 0.3) is 0 Å². The summed E-state index contributed by atoms with van der Waals surface area (Å²) in [5, 5.41) is 0. The van der Waals surface area contributed by atoms with Crippen molar-refractivity contribution in [1.82, 2.24) is 0 Å². The van der Waals surface area contributed by atoms with E-state index >= 15 is 0 Å².